The smallest absolute Gasteiger partial charge is 0.411 e. The van der Waals surface area contributed by atoms with Crippen molar-refractivity contribution in [2.45, 2.75) is 20.8 Å². The zero-order valence-corrected chi connectivity index (χ0v) is 13.5. The first-order chi connectivity index (χ1) is 11.0. The van der Waals surface area contributed by atoms with Crippen LogP contribution in [-0.4, -0.2) is 18.6 Å². The van der Waals surface area contributed by atoms with Gasteiger partial charge in [0.1, 0.15) is 0 Å². The van der Waals surface area contributed by atoms with E-state index in [1.165, 1.54) is 0 Å². The third-order valence-electron chi connectivity index (χ3n) is 3.27. The fraction of sp³-hybridized carbons (Fsp3) is 0.222. The van der Waals surface area contributed by atoms with Gasteiger partial charge in [-0.3, -0.25) is 10.1 Å². The van der Waals surface area contributed by atoms with Crippen LogP contribution < -0.4 is 10.6 Å². The minimum atomic E-state index is -0.548. The van der Waals surface area contributed by atoms with Crippen LogP contribution in [0.5, 0.6) is 0 Å². The fourth-order valence-electron chi connectivity index (χ4n) is 2.28. The maximum atomic E-state index is 12.4. The molecule has 0 heterocycles. The predicted molar refractivity (Wildman–Crippen MR) is 91.0 cm³/mol. The zero-order chi connectivity index (χ0) is 16.8. The standard InChI is InChI=1S/C18H20N2O3/c1-4-23-18(22)19-15-11-12(2)10-13(3)16(15)20-17(21)14-8-6-5-7-9-14/h5-11H,4H2,1-3H3,(H,19,22)(H,20,21). The molecule has 0 unspecified atom stereocenters. The summed E-state index contributed by atoms with van der Waals surface area (Å²) in [5, 5.41) is 5.53. The molecule has 5 heteroatoms. The summed E-state index contributed by atoms with van der Waals surface area (Å²) in [4.78, 5) is 24.1. The van der Waals surface area contributed by atoms with Crippen molar-refractivity contribution < 1.29 is 14.3 Å². The molecule has 0 aromatic heterocycles. The lowest BCUT2D eigenvalue weighted by molar-refractivity contribution is 0.102. The summed E-state index contributed by atoms with van der Waals surface area (Å²) in [6, 6.07) is 12.7. The average Bonchev–Trinajstić information content (AvgIpc) is 2.51. The van der Waals surface area contributed by atoms with Crippen LogP contribution in [0, 0.1) is 13.8 Å². The van der Waals surface area contributed by atoms with E-state index in [1.54, 1.807) is 37.3 Å². The topological polar surface area (TPSA) is 67.4 Å². The highest BCUT2D eigenvalue weighted by Crippen LogP contribution is 2.28. The van der Waals surface area contributed by atoms with E-state index in [0.717, 1.165) is 11.1 Å². The summed E-state index contributed by atoms with van der Waals surface area (Å²) in [5.41, 5.74) is 3.48. The van der Waals surface area contributed by atoms with Gasteiger partial charge in [-0.15, -0.1) is 0 Å². The van der Waals surface area contributed by atoms with Gasteiger partial charge in [0, 0.05) is 5.56 Å². The quantitative estimate of drug-likeness (QED) is 0.892. The number of hydrogen-bond donors (Lipinski definition) is 2. The van der Waals surface area contributed by atoms with E-state index in [4.69, 9.17) is 4.74 Å². The maximum absolute atomic E-state index is 12.4. The van der Waals surface area contributed by atoms with Gasteiger partial charge in [0.05, 0.1) is 18.0 Å². The Balaban J connectivity index is 2.29. The van der Waals surface area contributed by atoms with Crippen molar-refractivity contribution in [3.8, 4) is 0 Å². The predicted octanol–water partition coefficient (Wildman–Crippen LogP) is 4.12. The molecule has 5 nitrogen and oxygen atoms in total. The van der Waals surface area contributed by atoms with Gasteiger partial charge in [0.2, 0.25) is 0 Å². The van der Waals surface area contributed by atoms with Crippen LogP contribution in [0.15, 0.2) is 42.5 Å². The molecule has 0 atom stereocenters. The van der Waals surface area contributed by atoms with Crippen molar-refractivity contribution in [3.05, 3.63) is 59.2 Å². The monoisotopic (exact) mass is 312 g/mol. The minimum Gasteiger partial charge on any atom is -0.450 e. The summed E-state index contributed by atoms with van der Waals surface area (Å²) >= 11 is 0. The Morgan fingerprint density at radius 2 is 1.74 bits per heavy atom. The number of carbonyl (C=O) groups is 2. The van der Waals surface area contributed by atoms with E-state index in [1.807, 2.05) is 26.0 Å². The maximum Gasteiger partial charge on any atom is 0.411 e. The Morgan fingerprint density at radius 3 is 2.39 bits per heavy atom. The second-order valence-electron chi connectivity index (χ2n) is 5.17. The average molecular weight is 312 g/mol. The van der Waals surface area contributed by atoms with Crippen LogP contribution in [0.4, 0.5) is 16.2 Å². The molecule has 0 aliphatic rings. The molecule has 2 rings (SSSR count). The Hall–Kier alpha value is -2.82. The zero-order valence-electron chi connectivity index (χ0n) is 13.5. The second-order valence-corrected chi connectivity index (χ2v) is 5.17. The van der Waals surface area contributed by atoms with E-state index in [9.17, 15) is 9.59 Å². The van der Waals surface area contributed by atoms with Gasteiger partial charge in [-0.25, -0.2) is 4.79 Å². The molecule has 0 fully saturated rings. The van der Waals surface area contributed by atoms with Crippen LogP contribution in [0.1, 0.15) is 28.4 Å². The Kier molecular flexibility index (Phi) is 5.36. The van der Waals surface area contributed by atoms with Crippen molar-refractivity contribution in [1.29, 1.82) is 0 Å². The first kappa shape index (κ1) is 16.5. The summed E-state index contributed by atoms with van der Waals surface area (Å²) in [7, 11) is 0. The molecule has 0 aliphatic heterocycles. The molecule has 0 radical (unpaired) electrons. The number of benzene rings is 2. The summed E-state index contributed by atoms with van der Waals surface area (Å²) < 4.78 is 4.91. The van der Waals surface area contributed by atoms with Gasteiger partial charge in [-0.2, -0.15) is 0 Å². The van der Waals surface area contributed by atoms with E-state index >= 15 is 0 Å². The van der Waals surface area contributed by atoms with Crippen molar-refractivity contribution in [2.24, 2.45) is 0 Å². The van der Waals surface area contributed by atoms with Gasteiger partial charge in [0.25, 0.3) is 5.91 Å². The van der Waals surface area contributed by atoms with Crippen LogP contribution in [-0.2, 0) is 4.74 Å². The van der Waals surface area contributed by atoms with Crippen LogP contribution in [0.25, 0.3) is 0 Å². The number of ether oxygens (including phenoxy) is 1. The van der Waals surface area contributed by atoms with Crippen molar-refractivity contribution in [3.63, 3.8) is 0 Å². The number of aryl methyl sites for hydroxylation is 2. The molecular weight excluding hydrogens is 292 g/mol. The molecule has 23 heavy (non-hydrogen) atoms. The van der Waals surface area contributed by atoms with Crippen molar-refractivity contribution in [2.75, 3.05) is 17.2 Å². The fourth-order valence-corrected chi connectivity index (χ4v) is 2.28. The van der Waals surface area contributed by atoms with Gasteiger partial charge < -0.3 is 10.1 Å². The third-order valence-corrected chi connectivity index (χ3v) is 3.27. The first-order valence-electron chi connectivity index (χ1n) is 7.42. The lowest BCUT2D eigenvalue weighted by Crippen LogP contribution is -2.18. The van der Waals surface area contributed by atoms with Gasteiger partial charge in [-0.1, -0.05) is 24.3 Å². The number of amides is 2. The number of nitrogens with one attached hydrogen (secondary N) is 2. The third kappa shape index (κ3) is 4.32. The SMILES string of the molecule is CCOC(=O)Nc1cc(C)cc(C)c1NC(=O)c1ccccc1. The highest BCUT2D eigenvalue weighted by atomic mass is 16.5. The number of carbonyl (C=O) groups excluding carboxylic acids is 2. The molecular formula is C18H20N2O3. The van der Waals surface area contributed by atoms with Crippen molar-refractivity contribution >= 4 is 23.4 Å². The molecule has 0 aliphatic carbocycles. The molecule has 0 bridgehead atoms. The molecule has 2 amide bonds. The molecule has 0 saturated heterocycles. The normalized spacial score (nSPS) is 10.0. The van der Waals surface area contributed by atoms with Crippen molar-refractivity contribution in [1.82, 2.24) is 0 Å². The Labute approximate surface area is 135 Å². The summed E-state index contributed by atoms with van der Waals surface area (Å²) in [6.07, 6.45) is -0.548. The molecule has 2 aromatic rings. The van der Waals surface area contributed by atoms with Crippen LogP contribution in [0.3, 0.4) is 0 Å². The Bertz CT molecular complexity index is 712. The van der Waals surface area contributed by atoms with Gasteiger partial charge in [-0.05, 0) is 50.1 Å². The number of anilines is 2. The number of hydrogen-bond acceptors (Lipinski definition) is 3. The van der Waals surface area contributed by atoms with Crippen LogP contribution >= 0.6 is 0 Å². The lowest BCUT2D eigenvalue weighted by Gasteiger charge is -2.16. The highest BCUT2D eigenvalue weighted by Gasteiger charge is 2.14. The Morgan fingerprint density at radius 1 is 1.04 bits per heavy atom. The largest absolute Gasteiger partial charge is 0.450 e. The van der Waals surface area contributed by atoms with Gasteiger partial charge in [0.15, 0.2) is 0 Å². The molecule has 0 spiro atoms. The highest BCUT2D eigenvalue weighted by molar-refractivity contribution is 6.07. The summed E-state index contributed by atoms with van der Waals surface area (Å²) in [5.74, 6) is -0.232. The van der Waals surface area contributed by atoms with E-state index in [0.29, 0.717) is 16.9 Å². The molecule has 0 saturated carbocycles. The molecule has 120 valence electrons. The van der Waals surface area contributed by atoms with E-state index in [2.05, 4.69) is 10.6 Å². The first-order valence-corrected chi connectivity index (χ1v) is 7.42. The minimum absolute atomic E-state index is 0.232. The van der Waals surface area contributed by atoms with E-state index in [-0.39, 0.29) is 12.5 Å². The summed E-state index contributed by atoms with van der Waals surface area (Å²) in [6.45, 7) is 5.82. The van der Waals surface area contributed by atoms with Crippen LogP contribution in [0.2, 0.25) is 0 Å². The second kappa shape index (κ2) is 7.45. The number of rotatable bonds is 4. The molecule has 2 aromatic carbocycles. The van der Waals surface area contributed by atoms with Gasteiger partial charge >= 0.3 is 6.09 Å². The van der Waals surface area contributed by atoms with E-state index < -0.39 is 6.09 Å². The lowest BCUT2D eigenvalue weighted by atomic mass is 10.1. The molecule has 2 N–H and O–H groups in total.